The molecule has 4 N–H and O–H groups in total. The minimum atomic E-state index is -0.632. The second-order valence-electron chi connectivity index (χ2n) is 6.67. The van der Waals surface area contributed by atoms with Crippen molar-refractivity contribution in [1.82, 2.24) is 10.6 Å². The van der Waals surface area contributed by atoms with Crippen molar-refractivity contribution in [3.63, 3.8) is 0 Å². The highest BCUT2D eigenvalue weighted by Crippen LogP contribution is 2.42. The van der Waals surface area contributed by atoms with Crippen LogP contribution in [0.1, 0.15) is 31.0 Å². The third-order valence-electron chi connectivity index (χ3n) is 4.43. The van der Waals surface area contributed by atoms with Crippen molar-refractivity contribution in [3.05, 3.63) is 59.7 Å². The Hall–Kier alpha value is -2.57. The van der Waals surface area contributed by atoms with Gasteiger partial charge in [-0.1, -0.05) is 50.2 Å². The molecular formula is C20H24ClN3O3. The lowest BCUT2D eigenvalue weighted by Gasteiger charge is -2.29. The monoisotopic (exact) mass is 389 g/mol. The Morgan fingerprint density at radius 3 is 2.07 bits per heavy atom. The molecule has 0 spiro atoms. The number of halogens is 1. The molecule has 2 amide bonds. The first-order chi connectivity index (χ1) is 12.5. The Kier molecular flexibility index (Phi) is 6.82. The maximum atomic E-state index is 12.4. The quantitative estimate of drug-likeness (QED) is 0.732. The van der Waals surface area contributed by atoms with Gasteiger partial charge >= 0.3 is 0 Å². The molecule has 27 heavy (non-hydrogen) atoms. The summed E-state index contributed by atoms with van der Waals surface area (Å²) in [6.45, 7) is 3.60. The number of nitrogens with two attached hydrogens (primary N) is 1. The van der Waals surface area contributed by atoms with Crippen LogP contribution in [0.15, 0.2) is 48.5 Å². The van der Waals surface area contributed by atoms with E-state index >= 15 is 0 Å². The van der Waals surface area contributed by atoms with Crippen LogP contribution in [0, 0.1) is 5.92 Å². The summed E-state index contributed by atoms with van der Waals surface area (Å²) >= 11 is 0. The van der Waals surface area contributed by atoms with Crippen LogP contribution >= 0.6 is 12.4 Å². The fourth-order valence-electron chi connectivity index (χ4n) is 2.87. The normalized spacial score (nSPS) is 13.5. The zero-order valence-corrected chi connectivity index (χ0v) is 16.1. The smallest absolute Gasteiger partial charge is 0.240 e. The predicted octanol–water partition coefficient (Wildman–Crippen LogP) is 2.52. The lowest BCUT2D eigenvalue weighted by molar-refractivity contribution is -0.127. The summed E-state index contributed by atoms with van der Waals surface area (Å²) in [5.41, 5.74) is 7.56. The number of carbonyl (C=O) groups is 2. The van der Waals surface area contributed by atoms with Crippen molar-refractivity contribution in [3.8, 4) is 11.5 Å². The highest BCUT2D eigenvalue weighted by atomic mass is 35.5. The Bertz CT molecular complexity index is 780. The summed E-state index contributed by atoms with van der Waals surface area (Å²) in [6.07, 6.45) is 0. The predicted molar refractivity (Wildman–Crippen MR) is 106 cm³/mol. The van der Waals surface area contributed by atoms with Crippen molar-refractivity contribution in [2.75, 3.05) is 6.54 Å². The molecule has 2 aromatic rings. The van der Waals surface area contributed by atoms with Crippen molar-refractivity contribution in [2.45, 2.75) is 25.9 Å². The summed E-state index contributed by atoms with van der Waals surface area (Å²) in [7, 11) is 0. The van der Waals surface area contributed by atoms with E-state index in [0.29, 0.717) is 11.5 Å². The van der Waals surface area contributed by atoms with Gasteiger partial charge in [0, 0.05) is 11.1 Å². The van der Waals surface area contributed by atoms with E-state index in [0.717, 1.165) is 11.1 Å². The fourth-order valence-corrected chi connectivity index (χ4v) is 2.87. The van der Waals surface area contributed by atoms with E-state index in [2.05, 4.69) is 10.6 Å². The van der Waals surface area contributed by atoms with Crippen LogP contribution in [0.5, 0.6) is 11.5 Å². The molecule has 0 radical (unpaired) electrons. The van der Waals surface area contributed by atoms with Gasteiger partial charge in [0.25, 0.3) is 0 Å². The third kappa shape index (κ3) is 4.59. The number of hydrogen-bond acceptors (Lipinski definition) is 4. The van der Waals surface area contributed by atoms with Crippen LogP contribution < -0.4 is 21.1 Å². The van der Waals surface area contributed by atoms with Crippen molar-refractivity contribution >= 4 is 24.2 Å². The maximum Gasteiger partial charge on any atom is 0.240 e. The molecule has 1 aliphatic rings. The number of benzene rings is 2. The van der Waals surface area contributed by atoms with E-state index in [4.69, 9.17) is 10.5 Å². The number of amides is 2. The van der Waals surface area contributed by atoms with E-state index in [1.165, 1.54) is 0 Å². The van der Waals surface area contributed by atoms with E-state index in [-0.39, 0.29) is 42.7 Å². The molecule has 144 valence electrons. The molecule has 0 unspecified atom stereocenters. The van der Waals surface area contributed by atoms with Gasteiger partial charge in [-0.3, -0.25) is 9.59 Å². The first-order valence-electron chi connectivity index (χ1n) is 8.65. The zero-order chi connectivity index (χ0) is 18.7. The van der Waals surface area contributed by atoms with Crippen molar-refractivity contribution in [2.24, 2.45) is 11.7 Å². The van der Waals surface area contributed by atoms with Gasteiger partial charge in [0.05, 0.1) is 18.6 Å². The number of rotatable bonds is 5. The van der Waals surface area contributed by atoms with Gasteiger partial charge in [0.1, 0.15) is 11.5 Å². The van der Waals surface area contributed by atoms with E-state index in [9.17, 15) is 9.59 Å². The highest BCUT2D eigenvalue weighted by molar-refractivity contribution is 5.88. The first-order valence-corrected chi connectivity index (χ1v) is 8.65. The zero-order valence-electron chi connectivity index (χ0n) is 15.3. The van der Waals surface area contributed by atoms with Gasteiger partial charge in [-0.05, 0) is 18.1 Å². The molecule has 6 nitrogen and oxygen atoms in total. The summed E-state index contributed by atoms with van der Waals surface area (Å²) in [4.78, 5) is 24.4. The Morgan fingerprint density at radius 1 is 1.04 bits per heavy atom. The molecule has 3 rings (SSSR count). The van der Waals surface area contributed by atoms with Crippen molar-refractivity contribution < 1.29 is 14.3 Å². The summed E-state index contributed by atoms with van der Waals surface area (Å²) in [5, 5.41) is 5.57. The minimum Gasteiger partial charge on any atom is -0.457 e. The number of carbonyl (C=O) groups excluding carboxylic acids is 2. The number of para-hydroxylation sites is 2. The number of hydrogen-bond donors (Lipinski definition) is 3. The molecule has 0 aromatic heterocycles. The van der Waals surface area contributed by atoms with Gasteiger partial charge in [-0.2, -0.15) is 0 Å². The Morgan fingerprint density at radius 2 is 1.56 bits per heavy atom. The second-order valence-corrected chi connectivity index (χ2v) is 6.67. The second kappa shape index (κ2) is 8.88. The summed E-state index contributed by atoms with van der Waals surface area (Å²) in [5.74, 6) is 0.811. The van der Waals surface area contributed by atoms with Crippen LogP contribution in [-0.4, -0.2) is 24.4 Å². The first kappa shape index (κ1) is 20.7. The topological polar surface area (TPSA) is 93.5 Å². The number of fused-ring (bicyclic) bond motifs is 2. The number of nitrogens with one attached hydrogen (secondary N) is 2. The lowest BCUT2D eigenvalue weighted by atomic mass is 9.94. The largest absolute Gasteiger partial charge is 0.457 e. The van der Waals surface area contributed by atoms with Crippen LogP contribution in [0.2, 0.25) is 0 Å². The molecule has 1 aliphatic heterocycles. The summed E-state index contributed by atoms with van der Waals surface area (Å²) < 4.78 is 5.91. The average molecular weight is 390 g/mol. The average Bonchev–Trinajstić information content (AvgIpc) is 2.65. The van der Waals surface area contributed by atoms with Gasteiger partial charge in [-0.15, -0.1) is 12.4 Å². The standard InChI is InChI=1S/C20H23N3O3.ClH/c1-12(2)18(21)20(25)22-11-17(24)23-19-13-7-3-5-9-15(13)26-16-10-6-4-8-14(16)19;/h3-10,12,18-19H,11,21H2,1-2H3,(H,22,25)(H,23,24);1H/t18-;/m0./s1. The molecule has 0 saturated carbocycles. The molecular weight excluding hydrogens is 366 g/mol. The lowest BCUT2D eigenvalue weighted by Crippen LogP contribution is -2.47. The Balaban J connectivity index is 0.00000261. The van der Waals surface area contributed by atoms with Crippen LogP contribution in [0.3, 0.4) is 0 Å². The molecule has 1 atom stereocenters. The number of ether oxygens (including phenoxy) is 1. The van der Waals surface area contributed by atoms with Gasteiger partial charge in [-0.25, -0.2) is 0 Å². The van der Waals surface area contributed by atoms with Crippen LogP contribution in [-0.2, 0) is 9.59 Å². The summed E-state index contributed by atoms with van der Waals surface area (Å²) in [6, 6.07) is 14.2. The molecule has 0 aliphatic carbocycles. The molecule has 1 heterocycles. The molecule has 2 aromatic carbocycles. The van der Waals surface area contributed by atoms with E-state index < -0.39 is 6.04 Å². The van der Waals surface area contributed by atoms with Gasteiger partial charge < -0.3 is 21.1 Å². The maximum absolute atomic E-state index is 12.4. The molecule has 7 heteroatoms. The van der Waals surface area contributed by atoms with Crippen LogP contribution in [0.25, 0.3) is 0 Å². The molecule has 0 saturated heterocycles. The van der Waals surface area contributed by atoms with Crippen molar-refractivity contribution in [1.29, 1.82) is 0 Å². The third-order valence-corrected chi connectivity index (χ3v) is 4.43. The molecule has 0 bridgehead atoms. The van der Waals surface area contributed by atoms with E-state index in [1.54, 1.807) is 0 Å². The SMILES string of the molecule is CC(C)[C@H](N)C(=O)NCC(=O)NC1c2ccccc2Oc2ccccc21.Cl. The van der Waals surface area contributed by atoms with E-state index in [1.807, 2.05) is 62.4 Å². The Labute approximate surface area is 164 Å². The fraction of sp³-hybridized carbons (Fsp3) is 0.300. The highest BCUT2D eigenvalue weighted by Gasteiger charge is 2.28. The minimum absolute atomic E-state index is 0. The van der Waals surface area contributed by atoms with Crippen LogP contribution in [0.4, 0.5) is 0 Å². The van der Waals surface area contributed by atoms with Gasteiger partial charge in [0.15, 0.2) is 0 Å². The van der Waals surface area contributed by atoms with Gasteiger partial charge in [0.2, 0.25) is 11.8 Å². The molecule has 0 fully saturated rings.